The Hall–Kier alpha value is -0.330. The molecule has 96 valence electrons. The number of hydrogen-bond acceptors (Lipinski definition) is 1. The quantitative estimate of drug-likeness (QED) is 0.521. The maximum absolute atomic E-state index is 10.6. The topological polar surface area (TPSA) is 17.1 Å². The zero-order valence-electron chi connectivity index (χ0n) is 11.8. The molecule has 0 saturated heterocycles. The molecule has 0 rings (SSSR count). The van der Waals surface area contributed by atoms with E-state index in [4.69, 9.17) is 0 Å². The molecule has 0 aliphatic carbocycles. The molecule has 0 saturated carbocycles. The van der Waals surface area contributed by atoms with E-state index >= 15 is 0 Å². The Kier molecular flexibility index (Phi) is 8.60. The summed E-state index contributed by atoms with van der Waals surface area (Å²) in [7, 11) is 0. The van der Waals surface area contributed by atoms with E-state index in [-0.39, 0.29) is 5.92 Å². The molecule has 0 fully saturated rings. The van der Waals surface area contributed by atoms with E-state index in [2.05, 4.69) is 27.7 Å². The second kappa shape index (κ2) is 8.78. The summed E-state index contributed by atoms with van der Waals surface area (Å²) in [5.74, 6) is 2.57. The molecule has 1 nitrogen and oxygen atoms in total. The second-order valence-electron chi connectivity index (χ2n) is 5.92. The van der Waals surface area contributed by atoms with Gasteiger partial charge in [-0.25, -0.2) is 0 Å². The highest BCUT2D eigenvalue weighted by Crippen LogP contribution is 2.25. The Balaban J connectivity index is 3.76. The van der Waals surface area contributed by atoms with Gasteiger partial charge >= 0.3 is 0 Å². The molecule has 16 heavy (non-hydrogen) atoms. The Labute approximate surface area is 102 Å². The third kappa shape index (κ3) is 7.90. The molecular formula is C15H30O. The SMILES string of the molecule is CCC[C@@H](C)C[C@H](C)C[C@@H](C)CC(C)C=O. The maximum Gasteiger partial charge on any atom is 0.122 e. The molecule has 1 heteroatoms. The van der Waals surface area contributed by atoms with Crippen LogP contribution in [0, 0.1) is 23.7 Å². The molecule has 0 bridgehead atoms. The summed E-state index contributed by atoms with van der Waals surface area (Å²) in [5.41, 5.74) is 0. The summed E-state index contributed by atoms with van der Waals surface area (Å²) in [6, 6.07) is 0. The van der Waals surface area contributed by atoms with Crippen molar-refractivity contribution in [2.24, 2.45) is 23.7 Å². The van der Waals surface area contributed by atoms with Gasteiger partial charge < -0.3 is 4.79 Å². The van der Waals surface area contributed by atoms with Crippen LogP contribution in [0.5, 0.6) is 0 Å². The molecule has 0 aromatic rings. The van der Waals surface area contributed by atoms with Crippen molar-refractivity contribution in [2.75, 3.05) is 0 Å². The molecular weight excluding hydrogens is 196 g/mol. The van der Waals surface area contributed by atoms with E-state index in [9.17, 15) is 4.79 Å². The van der Waals surface area contributed by atoms with Crippen molar-refractivity contribution >= 4 is 6.29 Å². The molecule has 0 radical (unpaired) electrons. The molecule has 0 aliphatic heterocycles. The Morgan fingerprint density at radius 1 is 0.875 bits per heavy atom. The smallest absolute Gasteiger partial charge is 0.122 e. The fraction of sp³-hybridized carbons (Fsp3) is 0.933. The van der Waals surface area contributed by atoms with E-state index in [1.54, 1.807) is 0 Å². The Bertz CT molecular complexity index is 176. The maximum atomic E-state index is 10.6. The van der Waals surface area contributed by atoms with Crippen molar-refractivity contribution in [3.63, 3.8) is 0 Å². The summed E-state index contributed by atoms with van der Waals surface area (Å²) in [5, 5.41) is 0. The minimum Gasteiger partial charge on any atom is -0.303 e. The number of aldehydes is 1. The monoisotopic (exact) mass is 226 g/mol. The molecule has 1 unspecified atom stereocenters. The number of carbonyl (C=O) groups is 1. The van der Waals surface area contributed by atoms with Crippen LogP contribution in [-0.2, 0) is 4.79 Å². The predicted octanol–water partition coefficient (Wildman–Crippen LogP) is 4.70. The van der Waals surface area contributed by atoms with Crippen LogP contribution in [0.2, 0.25) is 0 Å². The first-order valence-corrected chi connectivity index (χ1v) is 6.94. The summed E-state index contributed by atoms with van der Waals surface area (Å²) >= 11 is 0. The number of carbonyl (C=O) groups excluding carboxylic acids is 1. The van der Waals surface area contributed by atoms with E-state index in [1.165, 1.54) is 25.7 Å². The van der Waals surface area contributed by atoms with Crippen molar-refractivity contribution in [1.82, 2.24) is 0 Å². The number of rotatable bonds is 9. The van der Waals surface area contributed by atoms with Gasteiger partial charge in [0.1, 0.15) is 6.29 Å². The van der Waals surface area contributed by atoms with Gasteiger partial charge in [0.15, 0.2) is 0 Å². The van der Waals surface area contributed by atoms with Gasteiger partial charge in [-0.05, 0) is 37.0 Å². The van der Waals surface area contributed by atoms with Gasteiger partial charge in [-0.2, -0.15) is 0 Å². The molecule has 0 spiro atoms. The molecule has 0 aromatic heterocycles. The Morgan fingerprint density at radius 2 is 1.38 bits per heavy atom. The van der Waals surface area contributed by atoms with Gasteiger partial charge in [-0.15, -0.1) is 0 Å². The normalized spacial score (nSPS) is 18.8. The van der Waals surface area contributed by atoms with Gasteiger partial charge in [-0.1, -0.05) is 47.5 Å². The first-order valence-electron chi connectivity index (χ1n) is 6.94. The molecule has 0 aromatic carbocycles. The van der Waals surface area contributed by atoms with Crippen molar-refractivity contribution in [1.29, 1.82) is 0 Å². The lowest BCUT2D eigenvalue weighted by molar-refractivity contribution is -0.111. The van der Waals surface area contributed by atoms with Crippen molar-refractivity contribution in [2.45, 2.75) is 66.7 Å². The zero-order valence-corrected chi connectivity index (χ0v) is 11.8. The van der Waals surface area contributed by atoms with Crippen LogP contribution in [-0.4, -0.2) is 6.29 Å². The molecule has 0 N–H and O–H groups in total. The highest BCUT2D eigenvalue weighted by atomic mass is 16.1. The minimum atomic E-state index is 0.232. The number of hydrogen-bond donors (Lipinski definition) is 0. The van der Waals surface area contributed by atoms with Gasteiger partial charge in [0.2, 0.25) is 0 Å². The lowest BCUT2D eigenvalue weighted by Gasteiger charge is -2.21. The summed E-state index contributed by atoms with van der Waals surface area (Å²) < 4.78 is 0. The fourth-order valence-electron chi connectivity index (χ4n) is 2.87. The van der Waals surface area contributed by atoms with E-state index in [0.29, 0.717) is 5.92 Å². The minimum absolute atomic E-state index is 0.232. The lowest BCUT2D eigenvalue weighted by Crippen LogP contribution is -2.10. The first-order chi connectivity index (χ1) is 7.49. The van der Waals surface area contributed by atoms with E-state index in [1.807, 2.05) is 6.92 Å². The summed E-state index contributed by atoms with van der Waals surface area (Å²) in [6.45, 7) is 11.3. The largest absolute Gasteiger partial charge is 0.303 e. The van der Waals surface area contributed by atoms with Crippen LogP contribution >= 0.6 is 0 Å². The van der Waals surface area contributed by atoms with Crippen molar-refractivity contribution in [3.8, 4) is 0 Å². The first kappa shape index (κ1) is 15.7. The van der Waals surface area contributed by atoms with Gasteiger partial charge in [0.25, 0.3) is 0 Å². The van der Waals surface area contributed by atoms with Gasteiger partial charge in [0, 0.05) is 5.92 Å². The standard InChI is InChI=1S/C15H30O/c1-6-7-12(2)8-13(3)9-14(4)10-15(5)11-16/h11-15H,6-10H2,1-5H3/t12-,13+,14-,15?/m1/s1. The molecule has 0 amide bonds. The highest BCUT2D eigenvalue weighted by Gasteiger charge is 2.14. The van der Waals surface area contributed by atoms with Crippen LogP contribution in [0.15, 0.2) is 0 Å². The van der Waals surface area contributed by atoms with Gasteiger partial charge in [-0.3, -0.25) is 0 Å². The Morgan fingerprint density at radius 3 is 1.88 bits per heavy atom. The van der Waals surface area contributed by atoms with Crippen LogP contribution in [0.3, 0.4) is 0 Å². The average molecular weight is 226 g/mol. The van der Waals surface area contributed by atoms with Crippen molar-refractivity contribution in [3.05, 3.63) is 0 Å². The third-order valence-electron chi connectivity index (χ3n) is 3.40. The van der Waals surface area contributed by atoms with Gasteiger partial charge in [0.05, 0.1) is 0 Å². The van der Waals surface area contributed by atoms with Crippen LogP contribution in [0.1, 0.15) is 66.7 Å². The molecule has 4 atom stereocenters. The fourth-order valence-corrected chi connectivity index (χ4v) is 2.87. The zero-order chi connectivity index (χ0) is 12.6. The van der Waals surface area contributed by atoms with Crippen LogP contribution < -0.4 is 0 Å². The van der Waals surface area contributed by atoms with E-state index in [0.717, 1.165) is 24.5 Å². The highest BCUT2D eigenvalue weighted by molar-refractivity contribution is 5.52. The average Bonchev–Trinajstić information content (AvgIpc) is 2.16. The van der Waals surface area contributed by atoms with Crippen molar-refractivity contribution < 1.29 is 4.79 Å². The van der Waals surface area contributed by atoms with Crippen LogP contribution in [0.25, 0.3) is 0 Å². The van der Waals surface area contributed by atoms with E-state index < -0.39 is 0 Å². The van der Waals surface area contributed by atoms with Crippen LogP contribution in [0.4, 0.5) is 0 Å². The lowest BCUT2D eigenvalue weighted by atomic mass is 9.85. The predicted molar refractivity (Wildman–Crippen MR) is 71.5 cm³/mol. The third-order valence-corrected chi connectivity index (χ3v) is 3.40. The molecule has 0 aliphatic rings. The second-order valence-corrected chi connectivity index (χ2v) is 5.92. The summed E-state index contributed by atoms with van der Waals surface area (Å²) in [6.07, 6.45) is 7.39. The molecule has 0 heterocycles. The summed E-state index contributed by atoms with van der Waals surface area (Å²) in [4.78, 5) is 10.6.